The number of ketones is 1. The highest BCUT2D eigenvalue weighted by Gasteiger charge is 2.50. The summed E-state index contributed by atoms with van der Waals surface area (Å²) in [5.41, 5.74) is 0.666. The van der Waals surface area contributed by atoms with E-state index in [1.165, 1.54) is 7.11 Å². The van der Waals surface area contributed by atoms with Crippen LogP contribution in [0, 0.1) is 0 Å². The van der Waals surface area contributed by atoms with Crippen molar-refractivity contribution >= 4 is 23.5 Å². The Morgan fingerprint density at radius 1 is 0.841 bits per heavy atom. The van der Waals surface area contributed by atoms with Gasteiger partial charge in [0.05, 0.1) is 46.1 Å². The summed E-state index contributed by atoms with van der Waals surface area (Å²) in [5, 5.41) is 8.41. The zero-order valence-corrected chi connectivity index (χ0v) is 25.5. The minimum Gasteiger partial charge on any atom is -0.497 e. The summed E-state index contributed by atoms with van der Waals surface area (Å²) in [6.07, 6.45) is 0.389. The second-order valence-corrected chi connectivity index (χ2v) is 11.2. The quantitative estimate of drug-likeness (QED) is 0.228. The van der Waals surface area contributed by atoms with Crippen molar-refractivity contribution in [3.63, 3.8) is 0 Å². The van der Waals surface area contributed by atoms with Gasteiger partial charge in [-0.2, -0.15) is 0 Å². The first-order valence-corrected chi connectivity index (χ1v) is 14.7. The lowest BCUT2D eigenvalue weighted by atomic mass is 9.94. The maximum atomic E-state index is 13.8. The molecule has 0 aromatic heterocycles. The molecular weight excluding hydrogens is 568 g/mol. The van der Waals surface area contributed by atoms with Crippen LogP contribution in [0.15, 0.2) is 54.6 Å². The first-order chi connectivity index (χ1) is 21.2. The van der Waals surface area contributed by atoms with E-state index in [9.17, 15) is 19.2 Å². The van der Waals surface area contributed by atoms with Crippen molar-refractivity contribution in [2.75, 3.05) is 60.3 Å². The molecule has 2 aromatic carbocycles. The lowest BCUT2D eigenvalue weighted by molar-refractivity contribution is -0.135. The molecule has 0 bridgehead atoms. The molecule has 2 aliphatic rings. The molecule has 0 saturated carbocycles. The molecule has 44 heavy (non-hydrogen) atoms. The van der Waals surface area contributed by atoms with Crippen LogP contribution in [-0.4, -0.2) is 112 Å². The van der Waals surface area contributed by atoms with Gasteiger partial charge in [-0.1, -0.05) is 42.5 Å². The number of benzene rings is 2. The van der Waals surface area contributed by atoms with Crippen LogP contribution in [0.2, 0.25) is 0 Å². The van der Waals surface area contributed by atoms with Crippen molar-refractivity contribution < 1.29 is 38.1 Å². The zero-order valence-electron chi connectivity index (χ0n) is 25.5. The third-order valence-corrected chi connectivity index (χ3v) is 7.70. The Morgan fingerprint density at radius 3 is 2.05 bits per heavy atom. The summed E-state index contributed by atoms with van der Waals surface area (Å²) in [6, 6.07) is 13.5. The monoisotopic (exact) mass is 610 g/mol. The van der Waals surface area contributed by atoms with Crippen molar-refractivity contribution in [1.82, 2.24) is 20.9 Å². The number of Topliss-reactive ketones (excluding diaryl/α,β-unsaturated/α-hetero) is 1. The van der Waals surface area contributed by atoms with Crippen molar-refractivity contribution in [3.05, 3.63) is 65.7 Å². The summed E-state index contributed by atoms with van der Waals surface area (Å²) in [7, 11) is 2.99. The largest absolute Gasteiger partial charge is 0.497 e. The Kier molecular flexibility index (Phi) is 11.8. The van der Waals surface area contributed by atoms with Crippen LogP contribution in [0.25, 0.3) is 0 Å². The smallest absolute Gasteiger partial charge is 0.245 e. The Labute approximate surface area is 257 Å². The number of epoxide rings is 1. The number of methoxy groups -OCH3 is 2. The number of carbonyl (C=O) groups excluding carboxylic acids is 4. The lowest BCUT2D eigenvalue weighted by Gasteiger charge is -2.28. The standard InChI is InChI=1S/C32H42N4O8/c1-32(21-44-32)29(38)25(17-22-7-5-4-6-8-22)34-30(39)26(18-23-9-11-24(42-3)12-10-23)35-31(40)27(20-41-2)33-28(37)19-36-13-15-43-16-14-36/h4-12,25-27H,13-21H2,1-3H3,(H,33,37)(H,34,39)(H,35,40)/t25?,26-,27-,32+/m0/s1. The van der Waals surface area contributed by atoms with Gasteiger partial charge in [-0.25, -0.2) is 0 Å². The van der Waals surface area contributed by atoms with Gasteiger partial charge in [0.2, 0.25) is 17.7 Å². The van der Waals surface area contributed by atoms with E-state index in [1.54, 1.807) is 38.3 Å². The SMILES string of the molecule is COC[C@H](NC(=O)CN1CCOCC1)C(=O)N[C@@H](Cc1ccc(OC)cc1)C(=O)NC(Cc1ccccc1)C(=O)[C@@]1(C)CO1. The van der Waals surface area contributed by atoms with Crippen LogP contribution in [0.4, 0.5) is 0 Å². The maximum Gasteiger partial charge on any atom is 0.245 e. The number of rotatable bonds is 16. The molecule has 12 nitrogen and oxygen atoms in total. The van der Waals surface area contributed by atoms with Crippen LogP contribution < -0.4 is 20.7 Å². The summed E-state index contributed by atoms with van der Waals surface area (Å²) < 4.78 is 21.2. The molecule has 2 saturated heterocycles. The van der Waals surface area contributed by atoms with Crippen molar-refractivity contribution in [3.8, 4) is 5.75 Å². The van der Waals surface area contributed by atoms with Gasteiger partial charge in [0, 0.05) is 26.6 Å². The fourth-order valence-corrected chi connectivity index (χ4v) is 4.98. The predicted molar refractivity (Wildman–Crippen MR) is 161 cm³/mol. The lowest BCUT2D eigenvalue weighted by Crippen LogP contribution is -2.59. The van der Waals surface area contributed by atoms with E-state index in [2.05, 4.69) is 16.0 Å². The maximum absolute atomic E-state index is 13.8. The molecule has 3 N–H and O–H groups in total. The second kappa shape index (κ2) is 15.8. The molecule has 1 unspecified atom stereocenters. The van der Waals surface area contributed by atoms with Gasteiger partial charge in [0.15, 0.2) is 5.78 Å². The molecule has 238 valence electrons. The molecule has 2 heterocycles. The summed E-state index contributed by atoms with van der Waals surface area (Å²) in [6.45, 7) is 4.30. The molecular formula is C32H42N4O8. The summed E-state index contributed by atoms with van der Waals surface area (Å²) >= 11 is 0. The van der Waals surface area contributed by atoms with Gasteiger partial charge < -0.3 is 34.9 Å². The molecule has 0 spiro atoms. The topological polar surface area (TPSA) is 148 Å². The average Bonchev–Trinajstić information content (AvgIpc) is 3.79. The minimum absolute atomic E-state index is 0.0949. The van der Waals surface area contributed by atoms with Crippen LogP contribution in [0.1, 0.15) is 18.1 Å². The van der Waals surface area contributed by atoms with Crippen molar-refractivity contribution in [1.29, 1.82) is 0 Å². The van der Waals surface area contributed by atoms with E-state index in [0.29, 0.717) is 32.1 Å². The van der Waals surface area contributed by atoms with E-state index in [-0.39, 0.29) is 44.3 Å². The van der Waals surface area contributed by atoms with Crippen LogP contribution >= 0.6 is 0 Å². The molecule has 4 atom stereocenters. The third kappa shape index (κ3) is 9.58. The molecule has 4 rings (SSSR count). The predicted octanol–water partition coefficient (Wildman–Crippen LogP) is 0.271. The first kappa shape index (κ1) is 33.1. The summed E-state index contributed by atoms with van der Waals surface area (Å²) in [4.78, 5) is 55.5. The number of carbonyl (C=O) groups is 4. The second-order valence-electron chi connectivity index (χ2n) is 11.2. The van der Waals surface area contributed by atoms with E-state index in [4.69, 9.17) is 18.9 Å². The Balaban J connectivity index is 1.50. The van der Waals surface area contributed by atoms with Gasteiger partial charge in [-0.05, 0) is 36.6 Å². The van der Waals surface area contributed by atoms with E-state index in [1.807, 2.05) is 35.2 Å². The zero-order chi connectivity index (χ0) is 31.5. The van der Waals surface area contributed by atoms with Crippen LogP contribution in [-0.2, 0) is 46.2 Å². The Morgan fingerprint density at radius 2 is 1.43 bits per heavy atom. The van der Waals surface area contributed by atoms with E-state index in [0.717, 1.165) is 11.1 Å². The molecule has 0 radical (unpaired) electrons. The molecule has 12 heteroatoms. The van der Waals surface area contributed by atoms with Gasteiger partial charge in [0.25, 0.3) is 0 Å². The fourth-order valence-electron chi connectivity index (χ4n) is 4.98. The number of nitrogens with one attached hydrogen (secondary N) is 3. The first-order valence-electron chi connectivity index (χ1n) is 14.7. The summed E-state index contributed by atoms with van der Waals surface area (Å²) in [5.74, 6) is -1.06. The number of amides is 3. The van der Waals surface area contributed by atoms with E-state index >= 15 is 0 Å². The molecule has 0 aliphatic carbocycles. The number of hydrogen-bond donors (Lipinski definition) is 3. The van der Waals surface area contributed by atoms with Crippen LogP contribution in [0.5, 0.6) is 5.75 Å². The highest BCUT2D eigenvalue weighted by atomic mass is 16.6. The molecule has 2 aromatic rings. The molecule has 2 aliphatic heterocycles. The highest BCUT2D eigenvalue weighted by molar-refractivity contribution is 5.98. The van der Waals surface area contributed by atoms with Crippen molar-refractivity contribution in [2.24, 2.45) is 0 Å². The van der Waals surface area contributed by atoms with Gasteiger partial charge in [0.1, 0.15) is 23.4 Å². The normalized spacial score (nSPS) is 20.1. The van der Waals surface area contributed by atoms with Gasteiger partial charge in [-0.3, -0.25) is 24.1 Å². The minimum atomic E-state index is -1.06. The number of nitrogens with zero attached hydrogens (tertiary/aromatic N) is 1. The third-order valence-electron chi connectivity index (χ3n) is 7.70. The molecule has 3 amide bonds. The van der Waals surface area contributed by atoms with Gasteiger partial charge >= 0.3 is 0 Å². The number of morpholine rings is 1. The molecule has 2 fully saturated rings. The van der Waals surface area contributed by atoms with Crippen molar-refractivity contribution in [2.45, 2.75) is 43.5 Å². The van der Waals surface area contributed by atoms with E-state index < -0.39 is 35.5 Å². The Bertz CT molecular complexity index is 1260. The average molecular weight is 611 g/mol. The Hall–Kier alpha value is -3.84. The number of ether oxygens (including phenoxy) is 4. The van der Waals surface area contributed by atoms with Crippen LogP contribution in [0.3, 0.4) is 0 Å². The van der Waals surface area contributed by atoms with Gasteiger partial charge in [-0.15, -0.1) is 0 Å². The highest BCUT2D eigenvalue weighted by Crippen LogP contribution is 2.29. The fraction of sp³-hybridized carbons (Fsp3) is 0.500. The number of hydrogen-bond acceptors (Lipinski definition) is 9.